The van der Waals surface area contributed by atoms with Gasteiger partial charge in [-0.3, -0.25) is 18.7 Å². The number of thioether (sulfide) groups is 1. The maximum atomic E-state index is 12.9. The van der Waals surface area contributed by atoms with Crippen molar-refractivity contribution in [3.8, 4) is 11.6 Å². The highest BCUT2D eigenvalue weighted by Crippen LogP contribution is 2.25. The largest absolute Gasteiger partial charge is 0.497 e. The van der Waals surface area contributed by atoms with Crippen LogP contribution in [0.2, 0.25) is 0 Å². The van der Waals surface area contributed by atoms with Crippen LogP contribution in [0, 0.1) is 13.8 Å². The second-order valence-corrected chi connectivity index (χ2v) is 8.70. The van der Waals surface area contributed by atoms with E-state index in [1.54, 1.807) is 31.4 Å². The number of aryl methyl sites for hydroxylation is 2. The second-order valence-electron chi connectivity index (χ2n) is 7.73. The zero-order valence-corrected chi connectivity index (χ0v) is 20.4. The molecule has 2 aromatic carbocycles. The quantitative estimate of drug-likeness (QED) is 0.412. The van der Waals surface area contributed by atoms with Crippen LogP contribution >= 0.6 is 11.8 Å². The average Bonchev–Trinajstić information content (AvgIpc) is 2.79. The third kappa shape index (κ3) is 5.57. The minimum Gasteiger partial charge on any atom is -0.497 e. The molecule has 2 N–H and O–H groups in total. The number of nitrogens with zero attached hydrogens (tertiary/aromatic N) is 3. The van der Waals surface area contributed by atoms with Crippen LogP contribution in [-0.2, 0) is 18.9 Å². The number of aromatic hydroxyl groups is 1. The van der Waals surface area contributed by atoms with Crippen molar-refractivity contribution in [1.82, 2.24) is 9.13 Å². The summed E-state index contributed by atoms with van der Waals surface area (Å²) in [6, 6.07) is 12.5. The number of nitrogens with one attached hydrogen (secondary N) is 1. The highest BCUT2D eigenvalue weighted by Gasteiger charge is 2.22. The summed E-state index contributed by atoms with van der Waals surface area (Å²) in [4.78, 5) is 42.2. The Balaban J connectivity index is 1.97. The van der Waals surface area contributed by atoms with Crippen molar-refractivity contribution in [3.63, 3.8) is 0 Å². The van der Waals surface area contributed by atoms with E-state index in [1.165, 1.54) is 14.1 Å². The van der Waals surface area contributed by atoms with Gasteiger partial charge in [0, 0.05) is 19.8 Å². The van der Waals surface area contributed by atoms with E-state index in [0.717, 1.165) is 32.0 Å². The normalized spacial score (nSPS) is 11.4. The fourth-order valence-electron chi connectivity index (χ4n) is 3.33. The first kappa shape index (κ1) is 24.8. The molecule has 0 radical (unpaired) electrons. The lowest BCUT2D eigenvalue weighted by molar-refractivity contribution is -0.113. The van der Waals surface area contributed by atoms with Crippen LogP contribution in [0.3, 0.4) is 0 Å². The molecule has 10 heteroatoms. The summed E-state index contributed by atoms with van der Waals surface area (Å²) in [5, 5.41) is 13.6. The monoisotopic (exact) mass is 482 g/mol. The Morgan fingerprint density at radius 2 is 1.68 bits per heavy atom. The van der Waals surface area contributed by atoms with E-state index in [4.69, 9.17) is 4.74 Å². The van der Waals surface area contributed by atoms with Gasteiger partial charge in [-0.05, 0) is 61.4 Å². The van der Waals surface area contributed by atoms with Crippen molar-refractivity contribution in [3.05, 3.63) is 80.0 Å². The van der Waals surface area contributed by atoms with Gasteiger partial charge in [0.05, 0.1) is 18.6 Å². The molecule has 3 aromatic rings. The Morgan fingerprint density at radius 1 is 1.06 bits per heavy atom. The number of aromatic nitrogens is 2. The highest BCUT2D eigenvalue weighted by molar-refractivity contribution is 8.15. The summed E-state index contributed by atoms with van der Waals surface area (Å²) < 4.78 is 6.99. The maximum Gasteiger partial charge on any atom is 0.333 e. The minimum absolute atomic E-state index is 0.0760. The predicted octanol–water partition coefficient (Wildman–Crippen LogP) is 2.87. The first-order valence-corrected chi connectivity index (χ1v) is 11.3. The number of hydrogen-bond donors (Lipinski definition) is 2. The molecule has 178 valence electrons. The van der Waals surface area contributed by atoms with Crippen LogP contribution in [0.25, 0.3) is 0 Å². The molecule has 0 saturated carbocycles. The topological polar surface area (TPSA) is 115 Å². The predicted molar refractivity (Wildman–Crippen MR) is 135 cm³/mol. The van der Waals surface area contributed by atoms with Crippen LogP contribution in [0.4, 0.5) is 11.4 Å². The molecule has 1 heterocycles. The molecular formula is C24H26N4O5S. The third-order valence-electron chi connectivity index (χ3n) is 5.00. The molecular weight excluding hydrogens is 456 g/mol. The first-order valence-electron chi connectivity index (χ1n) is 10.3. The van der Waals surface area contributed by atoms with Gasteiger partial charge in [0.1, 0.15) is 16.4 Å². The lowest BCUT2D eigenvalue weighted by atomic mass is 10.1. The summed E-state index contributed by atoms with van der Waals surface area (Å²) in [6.45, 7) is 3.88. The number of anilines is 1. The number of ether oxygens (including phenoxy) is 1. The molecule has 0 atom stereocenters. The van der Waals surface area contributed by atoms with E-state index in [0.29, 0.717) is 17.1 Å². The molecule has 34 heavy (non-hydrogen) atoms. The number of amides is 1. The zero-order chi connectivity index (χ0) is 25.0. The van der Waals surface area contributed by atoms with Crippen LogP contribution < -0.4 is 21.3 Å². The van der Waals surface area contributed by atoms with Gasteiger partial charge in [0.2, 0.25) is 11.8 Å². The van der Waals surface area contributed by atoms with Crippen molar-refractivity contribution in [2.24, 2.45) is 19.1 Å². The molecule has 1 amide bonds. The molecule has 0 aliphatic heterocycles. The Morgan fingerprint density at radius 3 is 2.26 bits per heavy atom. The SMILES string of the molecule is COc1ccc(N=C(SCC(=O)Nc2cc(C)cc(C)c2)c2c(O)n(C)c(=O)n(C)c2=O)cc1. The Kier molecular flexibility index (Phi) is 7.62. The number of hydrogen-bond acceptors (Lipinski definition) is 7. The Labute approximate surface area is 200 Å². The molecule has 0 unspecified atom stereocenters. The molecule has 0 aliphatic carbocycles. The lowest BCUT2D eigenvalue weighted by Crippen LogP contribution is -2.39. The number of benzene rings is 2. The van der Waals surface area contributed by atoms with Crippen molar-refractivity contribution in [2.75, 3.05) is 18.2 Å². The molecule has 3 rings (SSSR count). The summed E-state index contributed by atoms with van der Waals surface area (Å²) in [6.07, 6.45) is 0. The summed E-state index contributed by atoms with van der Waals surface area (Å²) in [7, 11) is 4.21. The fraction of sp³-hybridized carbons (Fsp3) is 0.250. The van der Waals surface area contributed by atoms with E-state index in [-0.39, 0.29) is 22.3 Å². The van der Waals surface area contributed by atoms with Gasteiger partial charge in [-0.15, -0.1) is 0 Å². The van der Waals surface area contributed by atoms with Crippen molar-refractivity contribution < 1.29 is 14.6 Å². The zero-order valence-electron chi connectivity index (χ0n) is 19.6. The number of carbonyl (C=O) groups excluding carboxylic acids is 1. The number of methoxy groups -OCH3 is 1. The standard InChI is InChI=1S/C24H26N4O5S/c1-14-10-15(2)12-17(11-14)25-19(29)13-34-21(26-16-6-8-18(33-5)9-7-16)20-22(30)27(3)24(32)28(4)23(20)31/h6-12,30H,13H2,1-5H3,(H,25,29). The van der Waals surface area contributed by atoms with E-state index >= 15 is 0 Å². The van der Waals surface area contributed by atoms with Crippen molar-refractivity contribution >= 4 is 34.1 Å². The van der Waals surface area contributed by atoms with Gasteiger partial charge in [0.25, 0.3) is 5.56 Å². The fourth-order valence-corrected chi connectivity index (χ4v) is 4.17. The van der Waals surface area contributed by atoms with Gasteiger partial charge < -0.3 is 15.2 Å². The van der Waals surface area contributed by atoms with Crippen LogP contribution in [0.5, 0.6) is 11.6 Å². The minimum atomic E-state index is -0.713. The van der Waals surface area contributed by atoms with Gasteiger partial charge in [-0.25, -0.2) is 9.79 Å². The Hall–Kier alpha value is -3.79. The molecule has 1 aromatic heterocycles. The maximum absolute atomic E-state index is 12.9. The number of aliphatic imine (C=N–C) groups is 1. The van der Waals surface area contributed by atoms with Crippen LogP contribution in [0.1, 0.15) is 16.7 Å². The molecule has 0 bridgehead atoms. The molecule has 0 fully saturated rings. The smallest absolute Gasteiger partial charge is 0.333 e. The number of carbonyl (C=O) groups is 1. The van der Waals surface area contributed by atoms with Crippen molar-refractivity contribution in [2.45, 2.75) is 13.8 Å². The van der Waals surface area contributed by atoms with E-state index in [1.807, 2.05) is 32.0 Å². The van der Waals surface area contributed by atoms with E-state index < -0.39 is 17.1 Å². The molecule has 0 spiro atoms. The summed E-state index contributed by atoms with van der Waals surface area (Å²) in [5.41, 5.74) is 1.63. The lowest BCUT2D eigenvalue weighted by Gasteiger charge is -2.13. The molecule has 0 aliphatic rings. The molecule has 0 saturated heterocycles. The van der Waals surface area contributed by atoms with Gasteiger partial charge in [-0.1, -0.05) is 17.8 Å². The average molecular weight is 483 g/mol. The van der Waals surface area contributed by atoms with E-state index in [2.05, 4.69) is 10.3 Å². The highest BCUT2D eigenvalue weighted by atomic mass is 32.2. The van der Waals surface area contributed by atoms with Crippen LogP contribution in [-0.4, -0.2) is 38.1 Å². The van der Waals surface area contributed by atoms with Gasteiger partial charge in [-0.2, -0.15) is 0 Å². The third-order valence-corrected chi connectivity index (χ3v) is 5.97. The van der Waals surface area contributed by atoms with Gasteiger partial charge in [0.15, 0.2) is 0 Å². The second kappa shape index (κ2) is 10.4. The number of rotatable bonds is 6. The van der Waals surface area contributed by atoms with Crippen molar-refractivity contribution in [1.29, 1.82) is 0 Å². The first-order chi connectivity index (χ1) is 16.1. The summed E-state index contributed by atoms with van der Waals surface area (Å²) in [5.74, 6) is -0.282. The summed E-state index contributed by atoms with van der Waals surface area (Å²) >= 11 is 0.985. The van der Waals surface area contributed by atoms with E-state index in [9.17, 15) is 19.5 Å². The van der Waals surface area contributed by atoms with Gasteiger partial charge >= 0.3 is 5.69 Å². The van der Waals surface area contributed by atoms with Crippen LogP contribution in [0.15, 0.2) is 57.0 Å². The molecule has 9 nitrogen and oxygen atoms in total. The Bertz CT molecular complexity index is 1350.